The van der Waals surface area contributed by atoms with Crippen LogP contribution in [0.2, 0.25) is 0 Å². The second-order valence-corrected chi connectivity index (χ2v) is 5.37. The maximum Gasteiger partial charge on any atom is 0.414 e. The van der Waals surface area contributed by atoms with Gasteiger partial charge in [-0.05, 0) is 18.2 Å². The lowest BCUT2D eigenvalue weighted by atomic mass is 10.2. The molecular weight excluding hydrogens is 317 g/mol. The topological polar surface area (TPSA) is 102 Å². The molecule has 2 heterocycles. The normalized spacial score (nSPS) is 17.0. The summed E-state index contributed by atoms with van der Waals surface area (Å²) in [6.45, 7) is 1.82. The highest BCUT2D eigenvalue weighted by Gasteiger charge is 2.32. The molecule has 1 aliphatic heterocycles. The highest BCUT2D eigenvalue weighted by atomic mass is 19.1. The second kappa shape index (κ2) is 6.19. The van der Waals surface area contributed by atoms with Gasteiger partial charge in [0.05, 0.1) is 18.8 Å². The molecule has 0 radical (unpaired) electrons. The minimum atomic E-state index is -0.583. The number of nitrogens with zero attached hydrogens (tertiary/aromatic N) is 3. The van der Waals surface area contributed by atoms with Crippen LogP contribution in [0.5, 0.6) is 0 Å². The van der Waals surface area contributed by atoms with Crippen LogP contribution in [0, 0.1) is 5.82 Å². The van der Waals surface area contributed by atoms with E-state index in [4.69, 9.17) is 10.5 Å². The zero-order valence-electron chi connectivity index (χ0n) is 12.9. The number of hydrogen-bond donors (Lipinski definition) is 2. The zero-order chi connectivity index (χ0) is 17.3. The molecule has 126 valence electrons. The van der Waals surface area contributed by atoms with Crippen molar-refractivity contribution in [2.45, 2.75) is 13.0 Å². The average Bonchev–Trinajstić information content (AvgIpc) is 3.11. The largest absolute Gasteiger partial charge is 0.442 e. The standard InChI is InChI=1S/C15H16FN5O3/c1-9(22)18-7-11-8-20(15(23)24-11)10-2-3-13(12(16)6-10)21-5-4-14(17)19-21/h2-6,11H,7-8H2,1H3,(H2,17,19)(H,18,22)/t11-/m0/s1. The van der Waals surface area contributed by atoms with Crippen molar-refractivity contribution in [3.8, 4) is 5.69 Å². The maximum absolute atomic E-state index is 14.3. The third-order valence-corrected chi connectivity index (χ3v) is 3.55. The van der Waals surface area contributed by atoms with Crippen molar-refractivity contribution >= 4 is 23.5 Å². The van der Waals surface area contributed by atoms with E-state index >= 15 is 0 Å². The second-order valence-electron chi connectivity index (χ2n) is 5.37. The van der Waals surface area contributed by atoms with Gasteiger partial charge in [-0.3, -0.25) is 9.69 Å². The van der Waals surface area contributed by atoms with Gasteiger partial charge in [-0.1, -0.05) is 0 Å². The summed E-state index contributed by atoms with van der Waals surface area (Å²) in [6.07, 6.45) is 0.483. The number of halogens is 1. The molecule has 24 heavy (non-hydrogen) atoms. The van der Waals surface area contributed by atoms with Crippen LogP contribution in [0.4, 0.5) is 20.7 Å². The van der Waals surface area contributed by atoms with Crippen molar-refractivity contribution in [3.05, 3.63) is 36.3 Å². The Morgan fingerprint density at radius 1 is 1.50 bits per heavy atom. The molecule has 2 aromatic rings. The van der Waals surface area contributed by atoms with E-state index in [1.807, 2.05) is 0 Å². The smallest absolute Gasteiger partial charge is 0.414 e. The van der Waals surface area contributed by atoms with Crippen molar-refractivity contribution in [3.63, 3.8) is 0 Å². The van der Waals surface area contributed by atoms with E-state index in [0.717, 1.165) is 0 Å². The Labute approximate surface area is 137 Å². The fourth-order valence-corrected chi connectivity index (χ4v) is 2.42. The molecule has 3 N–H and O–H groups in total. The number of benzene rings is 1. The number of nitrogen functional groups attached to an aromatic ring is 1. The first-order valence-electron chi connectivity index (χ1n) is 7.27. The number of anilines is 2. The number of aromatic nitrogens is 2. The molecular formula is C15H16FN5O3. The first-order chi connectivity index (χ1) is 11.4. The number of rotatable bonds is 4. The molecule has 0 unspecified atom stereocenters. The van der Waals surface area contributed by atoms with E-state index < -0.39 is 18.0 Å². The summed E-state index contributed by atoms with van der Waals surface area (Å²) in [6, 6.07) is 5.89. The first kappa shape index (κ1) is 15.8. The molecule has 8 nitrogen and oxygen atoms in total. The summed E-state index contributed by atoms with van der Waals surface area (Å²) < 4.78 is 20.8. The van der Waals surface area contributed by atoms with Crippen molar-refractivity contribution < 1.29 is 18.7 Å². The SMILES string of the molecule is CC(=O)NC[C@H]1CN(c2ccc(-n3ccc(N)n3)c(F)c2)C(=O)O1. The molecule has 0 spiro atoms. The Hall–Kier alpha value is -3.10. The van der Waals surface area contributed by atoms with E-state index in [1.165, 1.54) is 28.6 Å². The summed E-state index contributed by atoms with van der Waals surface area (Å²) in [4.78, 5) is 24.2. The quantitative estimate of drug-likeness (QED) is 0.871. The summed E-state index contributed by atoms with van der Waals surface area (Å²) in [5, 5.41) is 6.53. The van der Waals surface area contributed by atoms with E-state index in [9.17, 15) is 14.0 Å². The van der Waals surface area contributed by atoms with Gasteiger partial charge in [-0.15, -0.1) is 0 Å². The van der Waals surface area contributed by atoms with E-state index in [1.54, 1.807) is 18.3 Å². The third-order valence-electron chi connectivity index (χ3n) is 3.55. The highest BCUT2D eigenvalue weighted by molar-refractivity contribution is 5.90. The van der Waals surface area contributed by atoms with Crippen molar-refractivity contribution in [2.75, 3.05) is 23.7 Å². The van der Waals surface area contributed by atoms with Crippen molar-refractivity contribution in [2.24, 2.45) is 0 Å². The van der Waals surface area contributed by atoms with Crippen LogP contribution in [-0.2, 0) is 9.53 Å². The lowest BCUT2D eigenvalue weighted by Crippen LogP contribution is -2.33. The van der Waals surface area contributed by atoms with Gasteiger partial charge in [0.15, 0.2) is 5.82 Å². The lowest BCUT2D eigenvalue weighted by Gasteiger charge is -2.14. The van der Waals surface area contributed by atoms with Crippen molar-refractivity contribution in [1.82, 2.24) is 15.1 Å². The molecule has 1 saturated heterocycles. The first-order valence-corrected chi connectivity index (χ1v) is 7.27. The minimum Gasteiger partial charge on any atom is -0.442 e. The van der Waals surface area contributed by atoms with E-state index in [0.29, 0.717) is 5.69 Å². The molecule has 9 heteroatoms. The van der Waals surface area contributed by atoms with Gasteiger partial charge < -0.3 is 15.8 Å². The predicted octanol–water partition coefficient (Wildman–Crippen LogP) is 1.05. The highest BCUT2D eigenvalue weighted by Crippen LogP contribution is 2.25. The fraction of sp³-hybridized carbons (Fsp3) is 0.267. The summed E-state index contributed by atoms with van der Waals surface area (Å²) in [7, 11) is 0. The van der Waals surface area contributed by atoms with Gasteiger partial charge in [-0.25, -0.2) is 13.9 Å². The van der Waals surface area contributed by atoms with Gasteiger partial charge in [0.1, 0.15) is 17.6 Å². The zero-order valence-corrected chi connectivity index (χ0v) is 12.9. The minimum absolute atomic E-state index is 0.210. The van der Waals surface area contributed by atoms with Crippen LogP contribution >= 0.6 is 0 Å². The Balaban J connectivity index is 1.77. The van der Waals surface area contributed by atoms with Gasteiger partial charge in [0, 0.05) is 19.2 Å². The summed E-state index contributed by atoms with van der Waals surface area (Å²) in [5.41, 5.74) is 6.11. The number of ether oxygens (including phenoxy) is 1. The molecule has 0 saturated carbocycles. The number of nitrogens with two attached hydrogens (primary N) is 1. The molecule has 1 aromatic carbocycles. The number of cyclic esters (lactones) is 1. The molecule has 1 fully saturated rings. The number of nitrogens with one attached hydrogen (secondary N) is 1. The number of carbonyl (C=O) groups is 2. The van der Waals surface area contributed by atoms with Crippen LogP contribution in [0.25, 0.3) is 5.69 Å². The number of hydrogen-bond acceptors (Lipinski definition) is 5. The lowest BCUT2D eigenvalue weighted by molar-refractivity contribution is -0.119. The number of amides is 2. The summed E-state index contributed by atoms with van der Waals surface area (Å²) in [5.74, 6) is -0.477. The van der Waals surface area contributed by atoms with Crippen LogP contribution in [0.15, 0.2) is 30.5 Å². The number of carbonyl (C=O) groups excluding carboxylic acids is 2. The van der Waals surface area contributed by atoms with Crippen LogP contribution in [0.1, 0.15) is 6.92 Å². The Bertz CT molecular complexity index is 791. The van der Waals surface area contributed by atoms with Crippen LogP contribution < -0.4 is 16.0 Å². The monoisotopic (exact) mass is 333 g/mol. The Kier molecular flexibility index (Phi) is 4.07. The molecule has 1 aliphatic rings. The molecule has 2 amide bonds. The summed E-state index contributed by atoms with van der Waals surface area (Å²) >= 11 is 0. The fourth-order valence-electron chi connectivity index (χ4n) is 2.42. The van der Waals surface area contributed by atoms with Gasteiger partial charge >= 0.3 is 6.09 Å². The van der Waals surface area contributed by atoms with Crippen LogP contribution in [-0.4, -0.2) is 41.0 Å². The Morgan fingerprint density at radius 2 is 2.29 bits per heavy atom. The van der Waals surface area contributed by atoms with Crippen LogP contribution in [0.3, 0.4) is 0 Å². The van der Waals surface area contributed by atoms with Gasteiger partial charge in [0.2, 0.25) is 5.91 Å². The van der Waals surface area contributed by atoms with Gasteiger partial charge in [0.25, 0.3) is 0 Å². The molecule has 1 atom stereocenters. The van der Waals surface area contributed by atoms with E-state index in [-0.39, 0.29) is 30.5 Å². The molecule has 1 aromatic heterocycles. The molecule has 0 bridgehead atoms. The Morgan fingerprint density at radius 3 is 2.92 bits per heavy atom. The average molecular weight is 333 g/mol. The maximum atomic E-state index is 14.3. The predicted molar refractivity (Wildman–Crippen MR) is 84.2 cm³/mol. The molecule has 3 rings (SSSR count). The van der Waals surface area contributed by atoms with E-state index in [2.05, 4.69) is 10.4 Å². The van der Waals surface area contributed by atoms with Gasteiger partial charge in [-0.2, -0.15) is 5.10 Å². The third kappa shape index (κ3) is 3.14. The molecule has 0 aliphatic carbocycles. The van der Waals surface area contributed by atoms with Crippen molar-refractivity contribution in [1.29, 1.82) is 0 Å².